The van der Waals surface area contributed by atoms with Crippen molar-refractivity contribution in [1.29, 1.82) is 0 Å². The highest BCUT2D eigenvalue weighted by atomic mass is 16.6. The fraction of sp³-hybridized carbons (Fsp3) is 0.600. The number of nitrogens with zero attached hydrogens (tertiary/aromatic N) is 1. The zero-order chi connectivity index (χ0) is 16.0. The summed E-state index contributed by atoms with van der Waals surface area (Å²) in [5.41, 5.74) is 0.888. The molecule has 1 N–H and O–H groups in total. The van der Waals surface area contributed by atoms with E-state index in [4.69, 9.17) is 9.47 Å². The van der Waals surface area contributed by atoms with Gasteiger partial charge in [0.2, 0.25) is 0 Å². The van der Waals surface area contributed by atoms with Gasteiger partial charge in [-0.1, -0.05) is 6.07 Å². The van der Waals surface area contributed by atoms with Crippen molar-refractivity contribution in [2.45, 2.75) is 45.9 Å². The Balaban J connectivity index is 2.92. The standard InChI is InChI=1S/C15H24N2O4/c1-11(10-20-5)21-14-8-12(9-16-15(2,3)4)6-7-13(14)17(18)19/h6-8,11,16H,9-10H2,1-5H3. The topological polar surface area (TPSA) is 73.6 Å². The first-order valence-corrected chi connectivity index (χ1v) is 6.91. The Bertz CT molecular complexity index is 483. The van der Waals surface area contributed by atoms with Gasteiger partial charge in [-0.2, -0.15) is 0 Å². The molecule has 1 rings (SSSR count). The van der Waals surface area contributed by atoms with Crippen LogP contribution in [0.15, 0.2) is 18.2 Å². The summed E-state index contributed by atoms with van der Waals surface area (Å²) in [6.07, 6.45) is -0.250. The number of benzene rings is 1. The summed E-state index contributed by atoms with van der Waals surface area (Å²) in [5.74, 6) is 0.276. The molecule has 0 saturated carbocycles. The lowest BCUT2D eigenvalue weighted by Crippen LogP contribution is -2.35. The maximum Gasteiger partial charge on any atom is 0.310 e. The number of nitro groups is 1. The van der Waals surface area contributed by atoms with E-state index in [0.29, 0.717) is 13.2 Å². The van der Waals surface area contributed by atoms with Crippen molar-refractivity contribution in [1.82, 2.24) is 5.32 Å². The summed E-state index contributed by atoms with van der Waals surface area (Å²) >= 11 is 0. The maximum absolute atomic E-state index is 11.1. The number of nitro benzene ring substituents is 1. The van der Waals surface area contributed by atoms with Crippen molar-refractivity contribution < 1.29 is 14.4 Å². The van der Waals surface area contributed by atoms with Gasteiger partial charge in [0.25, 0.3) is 0 Å². The van der Waals surface area contributed by atoms with Gasteiger partial charge < -0.3 is 14.8 Å². The Hall–Kier alpha value is -1.66. The Morgan fingerprint density at radius 3 is 2.57 bits per heavy atom. The molecule has 0 saturated heterocycles. The molecule has 6 heteroatoms. The Kier molecular flexibility index (Phi) is 6.11. The second kappa shape index (κ2) is 7.38. The summed E-state index contributed by atoms with van der Waals surface area (Å²) < 4.78 is 10.6. The predicted octanol–water partition coefficient (Wildman–Crippen LogP) is 2.90. The molecule has 0 aliphatic rings. The van der Waals surface area contributed by atoms with Crippen LogP contribution in [0, 0.1) is 10.1 Å². The van der Waals surface area contributed by atoms with Crippen molar-refractivity contribution in [2.24, 2.45) is 0 Å². The number of nitrogens with one attached hydrogen (secondary N) is 1. The van der Waals surface area contributed by atoms with Gasteiger partial charge in [-0.15, -0.1) is 0 Å². The minimum Gasteiger partial charge on any atom is -0.481 e. The lowest BCUT2D eigenvalue weighted by molar-refractivity contribution is -0.386. The highest BCUT2D eigenvalue weighted by Gasteiger charge is 2.18. The fourth-order valence-corrected chi connectivity index (χ4v) is 1.77. The van der Waals surface area contributed by atoms with E-state index in [0.717, 1.165) is 5.56 Å². The zero-order valence-corrected chi connectivity index (χ0v) is 13.3. The van der Waals surface area contributed by atoms with E-state index in [1.54, 1.807) is 19.2 Å². The second-order valence-electron chi connectivity index (χ2n) is 6.05. The first-order chi connectivity index (χ1) is 9.73. The molecule has 0 fully saturated rings. The van der Waals surface area contributed by atoms with Gasteiger partial charge in [0.05, 0.1) is 11.5 Å². The summed E-state index contributed by atoms with van der Waals surface area (Å²) in [7, 11) is 1.57. The largest absolute Gasteiger partial charge is 0.481 e. The summed E-state index contributed by atoms with van der Waals surface area (Å²) in [6.45, 7) is 9.01. The van der Waals surface area contributed by atoms with Gasteiger partial charge in [0, 0.05) is 25.3 Å². The summed E-state index contributed by atoms with van der Waals surface area (Å²) in [6, 6.07) is 4.93. The molecule has 1 aromatic rings. The Morgan fingerprint density at radius 2 is 2.05 bits per heavy atom. The van der Waals surface area contributed by atoms with Crippen LogP contribution in [0.25, 0.3) is 0 Å². The van der Waals surface area contributed by atoms with Crippen molar-refractivity contribution in [3.8, 4) is 5.75 Å². The molecule has 0 spiro atoms. The van der Waals surface area contributed by atoms with Crippen molar-refractivity contribution in [2.75, 3.05) is 13.7 Å². The van der Waals surface area contributed by atoms with Crippen LogP contribution >= 0.6 is 0 Å². The molecule has 0 aliphatic heterocycles. The highest BCUT2D eigenvalue weighted by Crippen LogP contribution is 2.29. The summed E-state index contributed by atoms with van der Waals surface area (Å²) in [4.78, 5) is 10.6. The molecule has 21 heavy (non-hydrogen) atoms. The van der Waals surface area contributed by atoms with Crippen LogP contribution < -0.4 is 10.1 Å². The number of methoxy groups -OCH3 is 1. The van der Waals surface area contributed by atoms with Crippen LogP contribution in [0.2, 0.25) is 0 Å². The molecule has 1 unspecified atom stereocenters. The van der Waals surface area contributed by atoms with Gasteiger partial charge in [0.1, 0.15) is 6.10 Å². The lowest BCUT2D eigenvalue weighted by Gasteiger charge is -2.21. The third-order valence-corrected chi connectivity index (χ3v) is 2.77. The SMILES string of the molecule is COCC(C)Oc1cc(CNC(C)(C)C)ccc1[N+](=O)[O-]. The number of hydrogen-bond acceptors (Lipinski definition) is 5. The number of hydrogen-bond donors (Lipinski definition) is 1. The van der Waals surface area contributed by atoms with Crippen LogP contribution in [-0.4, -0.2) is 30.3 Å². The van der Waals surface area contributed by atoms with Crippen molar-refractivity contribution >= 4 is 5.69 Å². The van der Waals surface area contributed by atoms with Gasteiger partial charge in [-0.3, -0.25) is 10.1 Å². The van der Waals surface area contributed by atoms with E-state index in [1.807, 2.05) is 6.92 Å². The first kappa shape index (κ1) is 17.4. The van der Waals surface area contributed by atoms with Gasteiger partial charge in [-0.25, -0.2) is 0 Å². The third kappa shape index (κ3) is 6.10. The average molecular weight is 296 g/mol. The molecular formula is C15H24N2O4. The maximum atomic E-state index is 11.1. The molecule has 1 aromatic carbocycles. The average Bonchev–Trinajstić information content (AvgIpc) is 2.35. The quantitative estimate of drug-likeness (QED) is 0.618. The second-order valence-corrected chi connectivity index (χ2v) is 6.05. The zero-order valence-electron chi connectivity index (χ0n) is 13.3. The molecule has 0 radical (unpaired) electrons. The predicted molar refractivity (Wildman–Crippen MR) is 81.7 cm³/mol. The smallest absolute Gasteiger partial charge is 0.310 e. The van der Waals surface area contributed by atoms with E-state index in [2.05, 4.69) is 26.1 Å². The van der Waals surface area contributed by atoms with Crippen LogP contribution in [0.1, 0.15) is 33.3 Å². The molecule has 118 valence electrons. The van der Waals surface area contributed by atoms with E-state index >= 15 is 0 Å². The normalized spacial score (nSPS) is 13.0. The van der Waals surface area contributed by atoms with E-state index in [-0.39, 0.29) is 23.1 Å². The molecule has 6 nitrogen and oxygen atoms in total. The Morgan fingerprint density at radius 1 is 1.38 bits per heavy atom. The third-order valence-electron chi connectivity index (χ3n) is 2.77. The van der Waals surface area contributed by atoms with Crippen LogP contribution in [0.5, 0.6) is 5.75 Å². The lowest BCUT2D eigenvalue weighted by atomic mass is 10.1. The van der Waals surface area contributed by atoms with Gasteiger partial charge >= 0.3 is 5.69 Å². The molecular weight excluding hydrogens is 272 g/mol. The molecule has 0 aromatic heterocycles. The van der Waals surface area contributed by atoms with Crippen LogP contribution in [-0.2, 0) is 11.3 Å². The molecule has 0 aliphatic carbocycles. The van der Waals surface area contributed by atoms with E-state index in [1.165, 1.54) is 6.07 Å². The molecule has 0 bridgehead atoms. The minimum atomic E-state index is -0.435. The Labute approximate surface area is 125 Å². The first-order valence-electron chi connectivity index (χ1n) is 6.91. The summed E-state index contributed by atoms with van der Waals surface area (Å²) in [5, 5.41) is 14.4. The monoisotopic (exact) mass is 296 g/mol. The van der Waals surface area contributed by atoms with Crippen LogP contribution in [0.4, 0.5) is 5.69 Å². The van der Waals surface area contributed by atoms with E-state index < -0.39 is 4.92 Å². The minimum absolute atomic E-state index is 0.0217. The molecule has 1 atom stereocenters. The number of ether oxygens (including phenoxy) is 2. The van der Waals surface area contributed by atoms with E-state index in [9.17, 15) is 10.1 Å². The highest BCUT2D eigenvalue weighted by molar-refractivity contribution is 5.48. The molecule has 0 heterocycles. The van der Waals surface area contributed by atoms with Gasteiger partial charge in [-0.05, 0) is 39.3 Å². The number of rotatable bonds is 7. The van der Waals surface area contributed by atoms with Crippen molar-refractivity contribution in [3.63, 3.8) is 0 Å². The van der Waals surface area contributed by atoms with Crippen molar-refractivity contribution in [3.05, 3.63) is 33.9 Å². The van der Waals surface area contributed by atoms with Crippen LogP contribution in [0.3, 0.4) is 0 Å². The van der Waals surface area contributed by atoms with Gasteiger partial charge in [0.15, 0.2) is 5.75 Å². The fourth-order valence-electron chi connectivity index (χ4n) is 1.77. The molecule has 0 amide bonds.